The third kappa shape index (κ3) is 3.82. The number of rotatable bonds is 4. The monoisotopic (exact) mass is 516 g/mol. The first-order chi connectivity index (χ1) is 17.8. The fourth-order valence-corrected chi connectivity index (χ4v) is 5.89. The normalized spacial score (nSPS) is 20.4. The molecule has 4 aromatic rings. The lowest BCUT2D eigenvalue weighted by Gasteiger charge is -2.23. The van der Waals surface area contributed by atoms with E-state index in [1.165, 1.54) is 30.2 Å². The van der Waals surface area contributed by atoms with Crippen LogP contribution in [-0.2, 0) is 16.0 Å². The zero-order valence-corrected chi connectivity index (χ0v) is 20.7. The fraction of sp³-hybridized carbons (Fsp3) is 0.179. The molecule has 0 bridgehead atoms. The van der Waals surface area contributed by atoms with Gasteiger partial charge in [0.05, 0.1) is 28.9 Å². The maximum absolute atomic E-state index is 13.8. The van der Waals surface area contributed by atoms with Gasteiger partial charge in [-0.1, -0.05) is 23.5 Å². The molecule has 0 radical (unpaired) electrons. The Hall–Kier alpha value is -4.24. The molecule has 2 aliphatic heterocycles. The van der Waals surface area contributed by atoms with Crippen molar-refractivity contribution in [2.75, 3.05) is 12.0 Å². The number of aromatic nitrogens is 1. The number of amides is 1. The molecule has 3 aromatic carbocycles. The molecule has 186 valence electrons. The summed E-state index contributed by atoms with van der Waals surface area (Å²) in [6.07, 6.45) is 0.686. The summed E-state index contributed by atoms with van der Waals surface area (Å²) in [5, 5.41) is 11.7. The summed E-state index contributed by atoms with van der Waals surface area (Å²) in [6.45, 7) is 1.96. The zero-order chi connectivity index (χ0) is 25.8. The molecule has 6 rings (SSSR count). The molecular weight excluding hydrogens is 495 g/mol. The lowest BCUT2D eigenvalue weighted by Crippen LogP contribution is -2.29. The lowest BCUT2D eigenvalue weighted by atomic mass is 9.94. The van der Waals surface area contributed by atoms with Crippen molar-refractivity contribution >= 4 is 44.1 Å². The van der Waals surface area contributed by atoms with Crippen molar-refractivity contribution in [3.8, 4) is 11.5 Å². The second kappa shape index (κ2) is 8.70. The Labute approximate surface area is 215 Å². The Balaban J connectivity index is 1.54. The van der Waals surface area contributed by atoms with Crippen LogP contribution in [-0.4, -0.2) is 35.0 Å². The Morgan fingerprint density at radius 2 is 2.00 bits per heavy atom. The maximum Gasteiger partial charge on any atom is 0.301 e. The van der Waals surface area contributed by atoms with Gasteiger partial charge >= 0.3 is 5.91 Å². The first-order valence-electron chi connectivity index (χ1n) is 11.6. The molecule has 0 spiro atoms. The van der Waals surface area contributed by atoms with Crippen molar-refractivity contribution in [3.05, 3.63) is 88.7 Å². The highest BCUT2D eigenvalue weighted by Crippen LogP contribution is 2.45. The van der Waals surface area contributed by atoms with Crippen LogP contribution < -0.4 is 14.4 Å². The molecule has 1 aromatic heterocycles. The number of carbonyl (C=O) groups excluding carboxylic acids is 2. The van der Waals surface area contributed by atoms with Crippen molar-refractivity contribution in [2.24, 2.45) is 0 Å². The standard InChI is InChI=1S/C28H21FN2O5S/c1-14-10-17-11-16(6-9-21(17)36-14)25(32)23-24(15-4-3-5-19(12-15)35-2)31(27(34)26(23)33)28-30-20-8-7-18(29)13-22(20)37-28/h3-9,11-14,24,32H,10H2,1-2H3/t14-,24-/m0/s1. The number of hydrogen-bond donors (Lipinski definition) is 1. The number of Topliss-reactive ketones (excluding diaryl/α,β-unsaturated/α-hetero) is 1. The number of anilines is 1. The van der Waals surface area contributed by atoms with Gasteiger partial charge in [-0.3, -0.25) is 14.5 Å². The van der Waals surface area contributed by atoms with Crippen LogP contribution in [0.3, 0.4) is 0 Å². The number of carbonyl (C=O) groups is 2. The van der Waals surface area contributed by atoms with E-state index in [9.17, 15) is 19.1 Å². The zero-order valence-electron chi connectivity index (χ0n) is 19.9. The van der Waals surface area contributed by atoms with Crippen LogP contribution in [0.15, 0.2) is 66.2 Å². The molecule has 1 N–H and O–H groups in total. The van der Waals surface area contributed by atoms with Crippen LogP contribution in [0.4, 0.5) is 9.52 Å². The van der Waals surface area contributed by atoms with Gasteiger partial charge < -0.3 is 14.6 Å². The number of hydrogen-bond acceptors (Lipinski definition) is 7. The maximum atomic E-state index is 13.8. The van der Waals surface area contributed by atoms with E-state index in [2.05, 4.69) is 4.98 Å². The minimum absolute atomic E-state index is 0.0126. The van der Waals surface area contributed by atoms with Crippen molar-refractivity contribution in [1.82, 2.24) is 4.98 Å². The number of nitrogens with zero attached hydrogens (tertiary/aromatic N) is 2. The van der Waals surface area contributed by atoms with Crippen LogP contribution in [0.5, 0.6) is 11.5 Å². The topological polar surface area (TPSA) is 89.0 Å². The van der Waals surface area contributed by atoms with Crippen molar-refractivity contribution in [2.45, 2.75) is 25.5 Å². The van der Waals surface area contributed by atoms with Crippen LogP contribution in [0.2, 0.25) is 0 Å². The quantitative estimate of drug-likeness (QED) is 0.222. The molecule has 1 amide bonds. The first-order valence-corrected chi connectivity index (χ1v) is 12.5. The van der Waals surface area contributed by atoms with E-state index in [0.717, 1.165) is 22.6 Å². The number of methoxy groups -OCH3 is 1. The Kier molecular flexibility index (Phi) is 5.45. The van der Waals surface area contributed by atoms with E-state index in [-0.39, 0.29) is 22.6 Å². The molecule has 9 heteroatoms. The lowest BCUT2D eigenvalue weighted by molar-refractivity contribution is -0.132. The Morgan fingerprint density at radius 1 is 1.16 bits per heavy atom. The van der Waals surface area contributed by atoms with Gasteiger partial charge in [0.25, 0.3) is 5.78 Å². The molecule has 1 fully saturated rings. The molecule has 2 aliphatic rings. The average molecular weight is 517 g/mol. The Morgan fingerprint density at radius 3 is 2.81 bits per heavy atom. The summed E-state index contributed by atoms with van der Waals surface area (Å²) in [6, 6.07) is 15.3. The smallest absolute Gasteiger partial charge is 0.301 e. The van der Waals surface area contributed by atoms with Gasteiger partial charge in [0.1, 0.15) is 29.2 Å². The third-order valence-corrected chi connectivity index (χ3v) is 7.59. The summed E-state index contributed by atoms with van der Waals surface area (Å²) < 4.78 is 25.5. The predicted octanol–water partition coefficient (Wildman–Crippen LogP) is 5.39. The minimum Gasteiger partial charge on any atom is -0.507 e. The summed E-state index contributed by atoms with van der Waals surface area (Å²) >= 11 is 1.10. The molecule has 1 saturated heterocycles. The van der Waals surface area contributed by atoms with Gasteiger partial charge in [-0.05, 0) is 66.6 Å². The van der Waals surface area contributed by atoms with Gasteiger partial charge in [0, 0.05) is 12.0 Å². The predicted molar refractivity (Wildman–Crippen MR) is 138 cm³/mol. The van der Waals surface area contributed by atoms with Gasteiger partial charge in [0.2, 0.25) is 0 Å². The fourth-order valence-electron chi connectivity index (χ4n) is 4.87. The number of ether oxygens (including phenoxy) is 2. The molecule has 0 aliphatic carbocycles. The molecule has 3 heterocycles. The summed E-state index contributed by atoms with van der Waals surface area (Å²) in [5.74, 6) is -1.12. The molecular formula is C28H21FN2O5S. The minimum atomic E-state index is -0.969. The highest BCUT2D eigenvalue weighted by molar-refractivity contribution is 7.22. The largest absolute Gasteiger partial charge is 0.507 e. The SMILES string of the molecule is COc1cccc([C@H]2C(=C(O)c3ccc4c(c3)C[C@H](C)O4)C(=O)C(=O)N2c2nc3ccc(F)cc3s2)c1. The third-order valence-electron chi connectivity index (χ3n) is 6.57. The van der Waals surface area contributed by atoms with Gasteiger partial charge in [-0.2, -0.15) is 0 Å². The highest BCUT2D eigenvalue weighted by atomic mass is 32.1. The number of ketones is 1. The highest BCUT2D eigenvalue weighted by Gasteiger charge is 2.48. The first kappa shape index (κ1) is 23.2. The van der Waals surface area contributed by atoms with Gasteiger partial charge in [-0.15, -0.1) is 0 Å². The van der Waals surface area contributed by atoms with Crippen molar-refractivity contribution < 1.29 is 28.6 Å². The van der Waals surface area contributed by atoms with Crippen LogP contribution in [0, 0.1) is 5.82 Å². The van der Waals surface area contributed by atoms with E-state index >= 15 is 0 Å². The molecule has 2 atom stereocenters. The molecule has 0 saturated carbocycles. The van der Waals surface area contributed by atoms with Crippen LogP contribution in [0.1, 0.15) is 29.7 Å². The molecule has 7 nitrogen and oxygen atoms in total. The molecule has 0 unspecified atom stereocenters. The summed E-state index contributed by atoms with van der Waals surface area (Å²) in [5.41, 5.74) is 2.32. The van der Waals surface area contributed by atoms with Gasteiger partial charge in [-0.25, -0.2) is 9.37 Å². The van der Waals surface area contributed by atoms with E-state index in [1.54, 1.807) is 42.5 Å². The number of halogens is 1. The van der Waals surface area contributed by atoms with Crippen molar-refractivity contribution in [1.29, 1.82) is 0 Å². The Bertz CT molecular complexity index is 1630. The van der Waals surface area contributed by atoms with E-state index < -0.39 is 23.5 Å². The van der Waals surface area contributed by atoms with Crippen LogP contribution in [0.25, 0.3) is 16.0 Å². The van der Waals surface area contributed by atoms with Crippen molar-refractivity contribution in [3.63, 3.8) is 0 Å². The number of aliphatic hydroxyl groups excluding tert-OH is 1. The second-order valence-corrected chi connectivity index (χ2v) is 10.0. The number of thiazole rings is 1. The van der Waals surface area contributed by atoms with E-state index in [1.807, 2.05) is 6.92 Å². The van der Waals surface area contributed by atoms with E-state index in [4.69, 9.17) is 9.47 Å². The van der Waals surface area contributed by atoms with Gasteiger partial charge in [0.15, 0.2) is 5.13 Å². The summed E-state index contributed by atoms with van der Waals surface area (Å²) in [7, 11) is 1.52. The number of aliphatic hydroxyl groups is 1. The average Bonchev–Trinajstić information content (AvgIpc) is 3.55. The van der Waals surface area contributed by atoms with Crippen LogP contribution >= 0.6 is 11.3 Å². The van der Waals surface area contributed by atoms with E-state index in [0.29, 0.717) is 33.5 Å². The number of benzene rings is 3. The second-order valence-electron chi connectivity index (χ2n) is 9.01. The number of fused-ring (bicyclic) bond motifs is 2. The molecule has 37 heavy (non-hydrogen) atoms. The summed E-state index contributed by atoms with van der Waals surface area (Å²) in [4.78, 5) is 32.7.